The number of fused-ring (bicyclic) bond motifs is 1. The number of rotatable bonds is 3. The monoisotopic (exact) mass is 378 g/mol. The van der Waals surface area contributed by atoms with Crippen LogP contribution in [-0.2, 0) is 4.79 Å². The molecule has 1 aliphatic heterocycles. The van der Waals surface area contributed by atoms with Gasteiger partial charge in [-0.3, -0.25) is 4.79 Å². The molecular weight excluding hydrogens is 361 g/mol. The Kier molecular flexibility index (Phi) is 4.64. The van der Waals surface area contributed by atoms with Crippen LogP contribution in [0.5, 0.6) is 0 Å². The van der Waals surface area contributed by atoms with E-state index in [0.29, 0.717) is 6.42 Å². The minimum absolute atomic E-state index is 0.0303. The van der Waals surface area contributed by atoms with E-state index in [1.165, 1.54) is 13.8 Å². The summed E-state index contributed by atoms with van der Waals surface area (Å²) in [6.07, 6.45) is -6.20. The van der Waals surface area contributed by atoms with Crippen molar-refractivity contribution in [2.75, 3.05) is 0 Å². The van der Waals surface area contributed by atoms with Crippen LogP contribution in [0.4, 0.5) is 30.7 Å². The van der Waals surface area contributed by atoms with Crippen LogP contribution in [0.25, 0.3) is 0 Å². The van der Waals surface area contributed by atoms with Crippen molar-refractivity contribution in [1.82, 2.24) is 5.01 Å². The topological polar surface area (TPSA) is 52.9 Å². The van der Waals surface area contributed by atoms with Gasteiger partial charge < -0.3 is 5.11 Å². The molecule has 144 valence electrons. The number of alkyl halides is 7. The van der Waals surface area contributed by atoms with Crippen molar-refractivity contribution in [2.45, 2.75) is 63.3 Å². The molecule has 11 heteroatoms. The fourth-order valence-electron chi connectivity index (χ4n) is 3.12. The van der Waals surface area contributed by atoms with Gasteiger partial charge >= 0.3 is 18.0 Å². The first-order chi connectivity index (χ1) is 11.2. The number of nitrogens with zero attached hydrogens (tertiary/aromatic N) is 2. The fourth-order valence-corrected chi connectivity index (χ4v) is 3.12. The zero-order chi connectivity index (χ0) is 19.4. The quantitative estimate of drug-likeness (QED) is 0.764. The number of amides is 1. The number of halogens is 7. The standard InChI is InChI=1S/C14H17F7N2O2/c1-7(2)10(24)23-11(25,8-5-3-4-6-9(8)22-23)12(15,16)13(17,18)14(19,20)21/h7-8,25H,3-6H2,1-2H3/t8-,11-/m1/s1. The summed E-state index contributed by atoms with van der Waals surface area (Å²) in [6, 6.07) is 0. The highest BCUT2D eigenvalue weighted by atomic mass is 19.4. The number of hydrogen-bond donors (Lipinski definition) is 1. The molecule has 0 unspecified atom stereocenters. The first-order valence-electron chi connectivity index (χ1n) is 7.65. The molecule has 0 aromatic carbocycles. The molecule has 1 aliphatic carbocycles. The van der Waals surface area contributed by atoms with Crippen molar-refractivity contribution in [3.05, 3.63) is 0 Å². The number of hydrazone groups is 1. The summed E-state index contributed by atoms with van der Waals surface area (Å²) in [7, 11) is 0. The molecule has 0 radical (unpaired) electrons. The zero-order valence-electron chi connectivity index (χ0n) is 13.4. The van der Waals surface area contributed by atoms with Crippen LogP contribution in [0.3, 0.4) is 0 Å². The zero-order valence-corrected chi connectivity index (χ0v) is 13.4. The van der Waals surface area contributed by atoms with E-state index < -0.39 is 41.5 Å². The van der Waals surface area contributed by atoms with Crippen molar-refractivity contribution in [3.8, 4) is 0 Å². The molecule has 0 aromatic rings. The summed E-state index contributed by atoms with van der Waals surface area (Å²) < 4.78 is 93.8. The average Bonchev–Trinajstić information content (AvgIpc) is 2.80. The van der Waals surface area contributed by atoms with Crippen LogP contribution >= 0.6 is 0 Å². The average molecular weight is 378 g/mol. The molecule has 0 aromatic heterocycles. The molecule has 0 spiro atoms. The van der Waals surface area contributed by atoms with E-state index >= 15 is 0 Å². The van der Waals surface area contributed by atoms with E-state index in [9.17, 15) is 40.6 Å². The van der Waals surface area contributed by atoms with Gasteiger partial charge in [0.2, 0.25) is 11.6 Å². The molecule has 1 amide bonds. The second-order valence-electron chi connectivity index (χ2n) is 6.57. The summed E-state index contributed by atoms with van der Waals surface area (Å²) in [5.41, 5.74) is -4.25. The Labute approximate surface area is 138 Å². The van der Waals surface area contributed by atoms with Crippen LogP contribution in [0.1, 0.15) is 39.5 Å². The number of carbonyl (C=O) groups excluding carboxylic acids is 1. The second kappa shape index (κ2) is 5.82. The van der Waals surface area contributed by atoms with Gasteiger partial charge in [-0.2, -0.15) is 40.8 Å². The Morgan fingerprint density at radius 2 is 1.76 bits per heavy atom. The second-order valence-corrected chi connectivity index (χ2v) is 6.57. The molecule has 1 heterocycles. The Bertz CT molecular complexity index is 588. The molecule has 2 atom stereocenters. The van der Waals surface area contributed by atoms with E-state index in [2.05, 4.69) is 5.10 Å². The third-order valence-electron chi connectivity index (χ3n) is 4.53. The predicted octanol–water partition coefficient (Wildman–Crippen LogP) is 3.55. The highest BCUT2D eigenvalue weighted by Crippen LogP contribution is 2.57. The van der Waals surface area contributed by atoms with Crippen molar-refractivity contribution >= 4 is 11.6 Å². The van der Waals surface area contributed by atoms with Gasteiger partial charge in [0.15, 0.2) is 0 Å². The Balaban J connectivity index is 2.62. The van der Waals surface area contributed by atoms with Crippen LogP contribution in [0, 0.1) is 11.8 Å². The number of aliphatic hydroxyl groups is 1. The van der Waals surface area contributed by atoms with E-state index in [-0.39, 0.29) is 30.0 Å². The van der Waals surface area contributed by atoms with Crippen LogP contribution < -0.4 is 0 Å². The van der Waals surface area contributed by atoms with Gasteiger partial charge in [-0.15, -0.1) is 0 Å². The van der Waals surface area contributed by atoms with Crippen molar-refractivity contribution in [3.63, 3.8) is 0 Å². The maximum absolute atomic E-state index is 14.4. The van der Waals surface area contributed by atoms with E-state index in [1.807, 2.05) is 0 Å². The smallest absolute Gasteiger partial charge is 0.364 e. The third-order valence-corrected chi connectivity index (χ3v) is 4.53. The maximum Gasteiger partial charge on any atom is 0.460 e. The van der Waals surface area contributed by atoms with Gasteiger partial charge in [0.25, 0.3) is 0 Å². The minimum atomic E-state index is -6.61. The lowest BCUT2D eigenvalue weighted by molar-refractivity contribution is -0.407. The number of hydrogen-bond acceptors (Lipinski definition) is 3. The molecule has 1 fully saturated rings. The van der Waals surface area contributed by atoms with Crippen LogP contribution in [-0.4, -0.2) is 45.5 Å². The van der Waals surface area contributed by atoms with Gasteiger partial charge in [-0.1, -0.05) is 20.3 Å². The lowest BCUT2D eigenvalue weighted by atomic mass is 9.76. The number of carbonyl (C=O) groups is 1. The molecule has 2 aliphatic rings. The summed E-state index contributed by atoms with van der Waals surface area (Å²) in [5.74, 6) is -16.6. The Morgan fingerprint density at radius 1 is 1.20 bits per heavy atom. The predicted molar refractivity (Wildman–Crippen MR) is 72.0 cm³/mol. The highest BCUT2D eigenvalue weighted by molar-refractivity contribution is 5.93. The van der Waals surface area contributed by atoms with Crippen LogP contribution in [0.15, 0.2) is 5.10 Å². The fraction of sp³-hybridized carbons (Fsp3) is 0.857. The molecule has 1 saturated carbocycles. The largest absolute Gasteiger partial charge is 0.460 e. The van der Waals surface area contributed by atoms with Gasteiger partial charge in [-0.25, -0.2) is 0 Å². The molecule has 1 N–H and O–H groups in total. The van der Waals surface area contributed by atoms with Crippen molar-refractivity contribution < 1.29 is 40.6 Å². The third kappa shape index (κ3) is 2.61. The lowest BCUT2D eigenvalue weighted by Gasteiger charge is -2.45. The molecule has 4 nitrogen and oxygen atoms in total. The first kappa shape index (κ1) is 19.9. The minimum Gasteiger partial charge on any atom is -0.364 e. The molecule has 2 rings (SSSR count). The molecule has 0 bridgehead atoms. The molecule has 25 heavy (non-hydrogen) atoms. The highest BCUT2D eigenvalue weighted by Gasteiger charge is 2.84. The Morgan fingerprint density at radius 3 is 2.24 bits per heavy atom. The lowest BCUT2D eigenvalue weighted by Crippen LogP contribution is -2.72. The molecular formula is C14H17F7N2O2. The van der Waals surface area contributed by atoms with E-state index in [0.717, 1.165) is 0 Å². The van der Waals surface area contributed by atoms with E-state index in [4.69, 9.17) is 0 Å². The van der Waals surface area contributed by atoms with E-state index in [1.54, 1.807) is 0 Å². The SMILES string of the molecule is CC(C)C(=O)N1N=C2CCCC[C@H]2[C@@]1(O)C(F)(F)C(F)(F)C(F)(F)F. The van der Waals surface area contributed by atoms with Gasteiger partial charge in [0.05, 0.1) is 5.92 Å². The van der Waals surface area contributed by atoms with Gasteiger partial charge in [-0.05, 0) is 19.3 Å². The van der Waals surface area contributed by atoms with Gasteiger partial charge in [0, 0.05) is 11.6 Å². The van der Waals surface area contributed by atoms with Crippen LogP contribution in [0.2, 0.25) is 0 Å². The Hall–Kier alpha value is -1.39. The molecule has 0 saturated heterocycles. The summed E-state index contributed by atoms with van der Waals surface area (Å²) >= 11 is 0. The maximum atomic E-state index is 14.4. The summed E-state index contributed by atoms with van der Waals surface area (Å²) in [6.45, 7) is 2.45. The summed E-state index contributed by atoms with van der Waals surface area (Å²) in [5, 5.41) is 13.7. The summed E-state index contributed by atoms with van der Waals surface area (Å²) in [4.78, 5) is 12.1. The normalized spacial score (nSPS) is 28.2. The van der Waals surface area contributed by atoms with Gasteiger partial charge in [0.1, 0.15) is 0 Å². The van der Waals surface area contributed by atoms with Crippen molar-refractivity contribution in [2.24, 2.45) is 16.9 Å². The first-order valence-corrected chi connectivity index (χ1v) is 7.65. The van der Waals surface area contributed by atoms with Crippen molar-refractivity contribution in [1.29, 1.82) is 0 Å².